The van der Waals surface area contributed by atoms with Crippen molar-refractivity contribution in [3.63, 3.8) is 0 Å². The molecule has 0 bridgehead atoms. The number of nitrogens with zero attached hydrogens (tertiary/aromatic N) is 5. The maximum Gasteiger partial charge on any atom is 0.294 e. The Labute approximate surface area is 185 Å². The van der Waals surface area contributed by atoms with E-state index in [0.717, 1.165) is 0 Å². The number of aromatic amines is 1. The lowest BCUT2D eigenvalue weighted by molar-refractivity contribution is 0.446. The molecule has 0 aliphatic carbocycles. The summed E-state index contributed by atoms with van der Waals surface area (Å²) in [5.74, 6) is 0. The number of azo groups is 1. The van der Waals surface area contributed by atoms with Crippen molar-refractivity contribution < 1.29 is 8.42 Å². The second kappa shape index (κ2) is 9.40. The average molecular weight is 460 g/mol. The van der Waals surface area contributed by atoms with Gasteiger partial charge >= 0.3 is 0 Å². The van der Waals surface area contributed by atoms with Gasteiger partial charge in [0, 0.05) is 30.4 Å². The predicted octanol–water partition coefficient (Wildman–Crippen LogP) is 4.20. The molecule has 1 heterocycles. The van der Waals surface area contributed by atoms with Crippen molar-refractivity contribution in [1.82, 2.24) is 14.1 Å². The van der Waals surface area contributed by atoms with Crippen LogP contribution < -0.4 is 11.0 Å². The fourth-order valence-electron chi connectivity index (χ4n) is 3.52. The highest BCUT2D eigenvalue weighted by molar-refractivity contribution is 7.89. The summed E-state index contributed by atoms with van der Waals surface area (Å²) in [7, 11) is -3.85. The van der Waals surface area contributed by atoms with E-state index in [1.54, 1.807) is 45.0 Å². The number of benzene rings is 2. The number of anilines is 1. The molecule has 11 nitrogen and oxygen atoms in total. The zero-order chi connectivity index (χ0) is 23.5. The highest BCUT2D eigenvalue weighted by atomic mass is 32.2. The second-order valence-electron chi connectivity index (χ2n) is 6.94. The number of fused-ring (bicyclic) bond motifs is 1. The summed E-state index contributed by atoms with van der Waals surface area (Å²) in [6.07, 6.45) is 0. The Kier molecular flexibility index (Phi) is 6.84. The number of rotatable bonds is 9. The Hall–Kier alpha value is -3.38. The minimum Gasteiger partial charge on any atom is -0.298 e. The van der Waals surface area contributed by atoms with Gasteiger partial charge in [0.25, 0.3) is 5.56 Å². The van der Waals surface area contributed by atoms with Gasteiger partial charge in [0.2, 0.25) is 10.0 Å². The molecule has 2 N–H and O–H groups in total. The molecular formula is C20H25N7O4S. The van der Waals surface area contributed by atoms with Crippen LogP contribution in [0, 0.1) is 11.8 Å². The minimum atomic E-state index is -3.85. The highest BCUT2D eigenvalue weighted by Crippen LogP contribution is 2.40. The molecule has 0 atom stereocenters. The van der Waals surface area contributed by atoms with E-state index in [4.69, 9.17) is 0 Å². The van der Waals surface area contributed by atoms with Gasteiger partial charge in [-0.2, -0.15) is 4.31 Å². The topological polar surface area (TPSA) is 141 Å². The Morgan fingerprint density at radius 1 is 1.06 bits per heavy atom. The molecule has 32 heavy (non-hydrogen) atoms. The van der Waals surface area contributed by atoms with Gasteiger partial charge in [-0.25, -0.2) is 13.8 Å². The molecule has 0 amide bonds. The lowest BCUT2D eigenvalue weighted by atomic mass is 10.1. The summed E-state index contributed by atoms with van der Waals surface area (Å²) < 4.78 is 29.3. The van der Waals surface area contributed by atoms with Crippen molar-refractivity contribution in [2.45, 2.75) is 39.1 Å². The van der Waals surface area contributed by atoms with Crippen LogP contribution in [0.1, 0.15) is 26.5 Å². The summed E-state index contributed by atoms with van der Waals surface area (Å²) in [5, 5.41) is 14.8. The van der Waals surface area contributed by atoms with Gasteiger partial charge in [-0.3, -0.25) is 14.6 Å². The summed E-state index contributed by atoms with van der Waals surface area (Å²) in [5.41, 5.74) is 2.87. The van der Waals surface area contributed by atoms with Crippen LogP contribution in [0.5, 0.6) is 0 Å². The SMILES string of the molecule is CCN(CC)S(=O)(=O)c1cc(NN=O)c(N=Nc2c(C)[nH]n(CC)c2=O)c2ccccc12. The van der Waals surface area contributed by atoms with Gasteiger partial charge in [0.05, 0.1) is 21.6 Å². The molecule has 3 aromatic rings. The van der Waals surface area contributed by atoms with Crippen molar-refractivity contribution >= 4 is 37.9 Å². The molecule has 12 heteroatoms. The van der Waals surface area contributed by atoms with E-state index in [1.165, 1.54) is 15.1 Å². The number of hydrogen-bond acceptors (Lipinski definition) is 7. The van der Waals surface area contributed by atoms with E-state index in [0.29, 0.717) is 36.1 Å². The van der Waals surface area contributed by atoms with Crippen molar-refractivity contribution in [2.75, 3.05) is 18.5 Å². The average Bonchev–Trinajstić information content (AvgIpc) is 3.06. The van der Waals surface area contributed by atoms with Crippen LogP contribution in [0.25, 0.3) is 10.8 Å². The molecule has 0 fully saturated rings. The van der Waals surface area contributed by atoms with Gasteiger partial charge in [-0.05, 0) is 19.9 Å². The fourth-order valence-corrected chi connectivity index (χ4v) is 5.20. The monoisotopic (exact) mass is 459 g/mol. The first-order valence-corrected chi connectivity index (χ1v) is 11.6. The number of nitrogens with one attached hydrogen (secondary N) is 2. The smallest absolute Gasteiger partial charge is 0.294 e. The van der Waals surface area contributed by atoms with Gasteiger partial charge in [-0.1, -0.05) is 38.1 Å². The van der Waals surface area contributed by atoms with E-state index >= 15 is 0 Å². The van der Waals surface area contributed by atoms with Crippen LogP contribution in [-0.2, 0) is 16.6 Å². The van der Waals surface area contributed by atoms with E-state index < -0.39 is 10.0 Å². The van der Waals surface area contributed by atoms with Crippen LogP contribution in [0.15, 0.2) is 55.5 Å². The van der Waals surface area contributed by atoms with E-state index in [1.807, 2.05) is 6.92 Å². The Morgan fingerprint density at radius 3 is 2.25 bits per heavy atom. The molecule has 0 saturated carbocycles. The van der Waals surface area contributed by atoms with Crippen LogP contribution in [0.3, 0.4) is 0 Å². The minimum absolute atomic E-state index is 0.0214. The maximum atomic E-state index is 13.3. The van der Waals surface area contributed by atoms with E-state index in [-0.39, 0.29) is 27.5 Å². The quantitative estimate of drug-likeness (QED) is 0.280. The molecule has 3 rings (SSSR count). The van der Waals surface area contributed by atoms with Crippen molar-refractivity contribution in [3.05, 3.63) is 51.3 Å². The molecular weight excluding hydrogens is 434 g/mol. The molecule has 0 aliphatic heterocycles. The first-order valence-electron chi connectivity index (χ1n) is 10.1. The first-order chi connectivity index (χ1) is 15.3. The number of nitroso groups, excluding NO2 is 1. The third-order valence-corrected chi connectivity index (χ3v) is 7.23. The third kappa shape index (κ3) is 4.06. The second-order valence-corrected chi connectivity index (χ2v) is 8.85. The fraction of sp³-hybridized carbons (Fsp3) is 0.350. The molecule has 0 unspecified atom stereocenters. The standard InChI is InChI=1S/C20H25N7O4S/c1-5-26(6-2)32(30,31)17-12-16(21-25-29)19(15-11-9-8-10-14(15)17)23-22-18-13(4)24-27(7-3)20(18)28/h8-12,24H,5-7H2,1-4H3,(H,21,29). The molecule has 0 aliphatic rings. The number of H-pyrrole nitrogens is 1. The lowest BCUT2D eigenvalue weighted by Crippen LogP contribution is -2.30. The summed E-state index contributed by atoms with van der Waals surface area (Å²) in [6.45, 7) is 8.04. The molecule has 170 valence electrons. The Bertz CT molecular complexity index is 1340. The van der Waals surface area contributed by atoms with E-state index in [2.05, 4.69) is 26.0 Å². The van der Waals surface area contributed by atoms with E-state index in [9.17, 15) is 18.1 Å². The molecule has 0 radical (unpaired) electrons. The first kappa shape index (κ1) is 23.3. The zero-order valence-electron chi connectivity index (χ0n) is 18.3. The molecule has 2 aromatic carbocycles. The Morgan fingerprint density at radius 2 is 1.69 bits per heavy atom. The van der Waals surface area contributed by atoms with Crippen LogP contribution >= 0.6 is 0 Å². The largest absolute Gasteiger partial charge is 0.298 e. The van der Waals surface area contributed by atoms with Crippen LogP contribution in [0.4, 0.5) is 17.1 Å². The third-order valence-electron chi connectivity index (χ3n) is 5.14. The molecule has 1 aromatic heterocycles. The number of sulfonamides is 1. The lowest BCUT2D eigenvalue weighted by Gasteiger charge is -2.20. The van der Waals surface area contributed by atoms with Crippen LogP contribution in [0.2, 0.25) is 0 Å². The van der Waals surface area contributed by atoms with Crippen molar-refractivity contribution in [2.24, 2.45) is 15.5 Å². The predicted molar refractivity (Wildman–Crippen MR) is 123 cm³/mol. The maximum absolute atomic E-state index is 13.3. The summed E-state index contributed by atoms with van der Waals surface area (Å²) in [6, 6.07) is 8.09. The highest BCUT2D eigenvalue weighted by Gasteiger charge is 2.26. The van der Waals surface area contributed by atoms with Gasteiger partial charge in [-0.15, -0.1) is 15.1 Å². The summed E-state index contributed by atoms with van der Waals surface area (Å²) >= 11 is 0. The van der Waals surface area contributed by atoms with Crippen LogP contribution in [-0.4, -0.2) is 35.6 Å². The van der Waals surface area contributed by atoms with Gasteiger partial charge in [0.1, 0.15) is 5.69 Å². The van der Waals surface area contributed by atoms with Crippen molar-refractivity contribution in [1.29, 1.82) is 0 Å². The van der Waals surface area contributed by atoms with Gasteiger partial charge < -0.3 is 0 Å². The molecule has 0 saturated heterocycles. The Balaban J connectivity index is 2.29. The van der Waals surface area contributed by atoms with Gasteiger partial charge in [0.15, 0.2) is 5.69 Å². The number of aromatic nitrogens is 2. The normalized spacial score (nSPS) is 12.2. The zero-order valence-corrected chi connectivity index (χ0v) is 19.1. The summed E-state index contributed by atoms with van der Waals surface area (Å²) in [4.78, 5) is 23.5. The number of aryl methyl sites for hydroxylation is 2. The van der Waals surface area contributed by atoms with Crippen molar-refractivity contribution in [3.8, 4) is 0 Å². The molecule has 0 spiro atoms. The number of hydrogen-bond donors (Lipinski definition) is 2.